The Morgan fingerprint density at radius 2 is 2.19 bits per heavy atom. The van der Waals surface area contributed by atoms with E-state index in [9.17, 15) is 8.78 Å². The molecule has 0 saturated heterocycles. The molecule has 1 aromatic heterocycles. The van der Waals surface area contributed by atoms with E-state index in [4.69, 9.17) is 4.74 Å². The lowest BCUT2D eigenvalue weighted by Gasteiger charge is -2.13. The van der Waals surface area contributed by atoms with Crippen LogP contribution in [0.4, 0.5) is 8.78 Å². The van der Waals surface area contributed by atoms with E-state index in [2.05, 4.69) is 15.6 Å². The third-order valence-corrected chi connectivity index (χ3v) is 2.24. The summed E-state index contributed by atoms with van der Waals surface area (Å²) in [5.41, 5.74) is 1.23. The van der Waals surface area contributed by atoms with Crippen LogP contribution >= 0.6 is 0 Å². The van der Waals surface area contributed by atoms with E-state index in [1.807, 2.05) is 0 Å². The molecule has 0 fully saturated rings. The highest BCUT2D eigenvalue weighted by Gasteiger charge is 2.20. The van der Waals surface area contributed by atoms with Gasteiger partial charge in [-0.05, 0) is 14.0 Å². The standard InChI is InChI=1S/C9H16F2N4O/c1-6(16-3)9-7(4-12-2)13-14-15(9)5-8(10)11/h6,8,12H,4-5H2,1-3H3. The summed E-state index contributed by atoms with van der Waals surface area (Å²) in [7, 11) is 3.28. The van der Waals surface area contributed by atoms with Gasteiger partial charge in [-0.2, -0.15) is 0 Å². The summed E-state index contributed by atoms with van der Waals surface area (Å²) in [5, 5.41) is 10.5. The molecule has 7 heteroatoms. The summed E-state index contributed by atoms with van der Waals surface area (Å²) in [4.78, 5) is 0. The van der Waals surface area contributed by atoms with Crippen LogP contribution in [-0.2, 0) is 17.8 Å². The smallest absolute Gasteiger partial charge is 0.257 e. The molecular weight excluding hydrogens is 218 g/mol. The lowest BCUT2D eigenvalue weighted by molar-refractivity contribution is 0.0933. The van der Waals surface area contributed by atoms with Crippen molar-refractivity contribution in [3.8, 4) is 0 Å². The fraction of sp³-hybridized carbons (Fsp3) is 0.778. The number of hydrogen-bond acceptors (Lipinski definition) is 4. The van der Waals surface area contributed by atoms with Crippen LogP contribution in [0.25, 0.3) is 0 Å². The van der Waals surface area contributed by atoms with Gasteiger partial charge in [0.25, 0.3) is 6.43 Å². The molecule has 1 heterocycles. The fourth-order valence-electron chi connectivity index (χ4n) is 1.47. The van der Waals surface area contributed by atoms with Crippen LogP contribution in [0.15, 0.2) is 0 Å². The molecule has 1 rings (SSSR count). The summed E-state index contributed by atoms with van der Waals surface area (Å²) in [5.74, 6) is 0. The highest BCUT2D eigenvalue weighted by Crippen LogP contribution is 2.19. The highest BCUT2D eigenvalue weighted by atomic mass is 19.3. The zero-order valence-corrected chi connectivity index (χ0v) is 9.57. The molecule has 0 aliphatic heterocycles. The molecule has 1 aromatic rings. The Bertz CT molecular complexity index is 329. The van der Waals surface area contributed by atoms with Crippen molar-refractivity contribution in [1.29, 1.82) is 0 Å². The predicted molar refractivity (Wildman–Crippen MR) is 54.2 cm³/mol. The first-order chi connectivity index (χ1) is 7.60. The normalized spacial score (nSPS) is 13.4. The molecule has 1 N–H and O–H groups in total. The first-order valence-corrected chi connectivity index (χ1v) is 4.98. The zero-order valence-electron chi connectivity index (χ0n) is 9.57. The molecule has 5 nitrogen and oxygen atoms in total. The molecule has 0 amide bonds. The molecule has 0 saturated carbocycles. The minimum absolute atomic E-state index is 0.308. The molecule has 16 heavy (non-hydrogen) atoms. The van der Waals surface area contributed by atoms with Crippen LogP contribution in [0.2, 0.25) is 0 Å². The SMILES string of the molecule is CNCc1nnn(CC(F)F)c1C(C)OC. The minimum Gasteiger partial charge on any atom is -0.375 e. The van der Waals surface area contributed by atoms with Gasteiger partial charge in [-0.1, -0.05) is 5.21 Å². The van der Waals surface area contributed by atoms with Crippen LogP contribution in [0.3, 0.4) is 0 Å². The van der Waals surface area contributed by atoms with Crippen LogP contribution in [0, 0.1) is 0 Å². The Balaban J connectivity index is 2.98. The van der Waals surface area contributed by atoms with E-state index in [1.54, 1.807) is 14.0 Å². The van der Waals surface area contributed by atoms with E-state index in [0.717, 1.165) is 0 Å². The summed E-state index contributed by atoms with van der Waals surface area (Å²) in [6.45, 7) is 1.80. The average molecular weight is 234 g/mol. The topological polar surface area (TPSA) is 52.0 Å². The number of nitrogens with zero attached hydrogens (tertiary/aromatic N) is 3. The number of alkyl halides is 2. The molecule has 0 radical (unpaired) electrons. The van der Waals surface area contributed by atoms with E-state index in [1.165, 1.54) is 11.8 Å². The van der Waals surface area contributed by atoms with Crippen molar-refractivity contribution >= 4 is 0 Å². The van der Waals surface area contributed by atoms with Gasteiger partial charge >= 0.3 is 0 Å². The number of aromatic nitrogens is 3. The number of rotatable bonds is 6. The van der Waals surface area contributed by atoms with E-state index >= 15 is 0 Å². The number of halogens is 2. The summed E-state index contributed by atoms with van der Waals surface area (Å²) < 4.78 is 31.0. The van der Waals surface area contributed by atoms with Gasteiger partial charge in [0.15, 0.2) is 0 Å². The van der Waals surface area contributed by atoms with Gasteiger partial charge in [0.1, 0.15) is 12.2 Å². The lowest BCUT2D eigenvalue weighted by atomic mass is 10.2. The average Bonchev–Trinajstić information content (AvgIpc) is 2.60. The predicted octanol–water partition coefficient (Wildman–Crippen LogP) is 0.970. The van der Waals surface area contributed by atoms with Gasteiger partial charge in [-0.15, -0.1) is 5.10 Å². The van der Waals surface area contributed by atoms with Gasteiger partial charge in [0, 0.05) is 13.7 Å². The number of nitrogens with one attached hydrogen (secondary N) is 1. The quantitative estimate of drug-likeness (QED) is 0.797. The van der Waals surface area contributed by atoms with Crippen molar-refractivity contribution in [3.63, 3.8) is 0 Å². The Hall–Kier alpha value is -1.08. The van der Waals surface area contributed by atoms with E-state index in [-0.39, 0.29) is 6.10 Å². The third kappa shape index (κ3) is 2.96. The second-order valence-corrected chi connectivity index (χ2v) is 3.40. The largest absolute Gasteiger partial charge is 0.375 e. The minimum atomic E-state index is -2.45. The second kappa shape index (κ2) is 5.86. The van der Waals surface area contributed by atoms with Gasteiger partial charge in [0.2, 0.25) is 0 Å². The van der Waals surface area contributed by atoms with Crippen molar-refractivity contribution in [1.82, 2.24) is 20.3 Å². The molecule has 0 aliphatic carbocycles. The van der Waals surface area contributed by atoms with Crippen molar-refractivity contribution in [2.24, 2.45) is 0 Å². The van der Waals surface area contributed by atoms with Crippen LogP contribution in [0.1, 0.15) is 24.4 Å². The Kier molecular flexibility index (Phi) is 4.75. The number of hydrogen-bond donors (Lipinski definition) is 1. The molecule has 1 unspecified atom stereocenters. The molecule has 1 atom stereocenters. The van der Waals surface area contributed by atoms with Crippen molar-refractivity contribution in [2.45, 2.75) is 32.5 Å². The fourth-order valence-corrected chi connectivity index (χ4v) is 1.47. The zero-order chi connectivity index (χ0) is 12.1. The number of ether oxygens (including phenoxy) is 1. The van der Waals surface area contributed by atoms with Crippen molar-refractivity contribution in [3.05, 3.63) is 11.4 Å². The van der Waals surface area contributed by atoms with E-state index < -0.39 is 13.0 Å². The summed E-state index contributed by atoms with van der Waals surface area (Å²) >= 11 is 0. The first-order valence-electron chi connectivity index (χ1n) is 4.98. The summed E-state index contributed by atoms with van der Waals surface area (Å²) in [6, 6.07) is 0. The monoisotopic (exact) mass is 234 g/mol. The second-order valence-electron chi connectivity index (χ2n) is 3.40. The molecule has 0 aliphatic rings. The highest BCUT2D eigenvalue weighted by molar-refractivity contribution is 5.13. The van der Waals surface area contributed by atoms with Crippen LogP contribution < -0.4 is 5.32 Å². The van der Waals surface area contributed by atoms with E-state index in [0.29, 0.717) is 17.9 Å². The summed E-state index contributed by atoms with van der Waals surface area (Å²) in [6.07, 6.45) is -2.76. The van der Waals surface area contributed by atoms with Gasteiger partial charge < -0.3 is 10.1 Å². The maximum Gasteiger partial charge on any atom is 0.257 e. The molecule has 92 valence electrons. The number of methoxy groups -OCH3 is 1. The molecule has 0 spiro atoms. The van der Waals surface area contributed by atoms with Crippen molar-refractivity contribution in [2.75, 3.05) is 14.2 Å². The van der Waals surface area contributed by atoms with Crippen molar-refractivity contribution < 1.29 is 13.5 Å². The van der Waals surface area contributed by atoms with Gasteiger partial charge in [-0.3, -0.25) is 0 Å². The lowest BCUT2D eigenvalue weighted by Crippen LogP contribution is -2.16. The van der Waals surface area contributed by atoms with Crippen LogP contribution in [-0.4, -0.2) is 35.6 Å². The molecular formula is C9H16F2N4O. The maximum atomic E-state index is 12.3. The molecule has 0 aromatic carbocycles. The van der Waals surface area contributed by atoms with Gasteiger partial charge in [0.05, 0.1) is 11.8 Å². The first kappa shape index (κ1) is 13.0. The van der Waals surface area contributed by atoms with Gasteiger partial charge in [-0.25, -0.2) is 13.5 Å². The van der Waals surface area contributed by atoms with Crippen LogP contribution in [0.5, 0.6) is 0 Å². The molecule has 0 bridgehead atoms. The Morgan fingerprint density at radius 3 is 2.69 bits per heavy atom. The Labute approximate surface area is 92.8 Å². The maximum absolute atomic E-state index is 12.3. The Morgan fingerprint density at radius 1 is 1.50 bits per heavy atom. The third-order valence-electron chi connectivity index (χ3n) is 2.24.